The van der Waals surface area contributed by atoms with Crippen molar-refractivity contribution in [2.24, 2.45) is 5.10 Å². The highest BCUT2D eigenvalue weighted by Crippen LogP contribution is 2.24. The Bertz CT molecular complexity index is 671. The smallest absolute Gasteiger partial charge is 0.272 e. The van der Waals surface area contributed by atoms with Crippen LogP contribution in [0.25, 0.3) is 0 Å². The zero-order valence-corrected chi connectivity index (χ0v) is 11.7. The molecule has 2 aromatic rings. The van der Waals surface area contributed by atoms with Crippen molar-refractivity contribution >= 4 is 12.1 Å². The van der Waals surface area contributed by atoms with Crippen LogP contribution in [-0.4, -0.2) is 27.3 Å². The fourth-order valence-electron chi connectivity index (χ4n) is 1.75. The van der Waals surface area contributed by atoms with Gasteiger partial charge in [-0.3, -0.25) is 9.78 Å². The second-order valence-corrected chi connectivity index (χ2v) is 4.58. The number of hydrogen-bond donors (Lipinski definition) is 3. The van der Waals surface area contributed by atoms with E-state index in [-0.39, 0.29) is 11.5 Å². The van der Waals surface area contributed by atoms with E-state index in [1.54, 1.807) is 19.1 Å². The van der Waals surface area contributed by atoms with Gasteiger partial charge in [0.1, 0.15) is 11.5 Å². The molecule has 0 saturated heterocycles. The molecular weight excluding hydrogens is 270 g/mol. The van der Waals surface area contributed by atoms with Gasteiger partial charge in [-0.1, -0.05) is 0 Å². The van der Waals surface area contributed by atoms with Crippen molar-refractivity contribution in [1.82, 2.24) is 10.4 Å². The zero-order valence-electron chi connectivity index (χ0n) is 11.7. The number of phenolic OH excluding ortho intramolecular Hbond substituents is 2. The van der Waals surface area contributed by atoms with Gasteiger partial charge in [-0.15, -0.1) is 0 Å². The molecule has 2 rings (SSSR count). The molecule has 0 bridgehead atoms. The molecule has 0 spiro atoms. The fraction of sp³-hybridized carbons (Fsp3) is 0.133. The van der Waals surface area contributed by atoms with E-state index < -0.39 is 5.91 Å². The van der Waals surface area contributed by atoms with Crippen molar-refractivity contribution in [2.75, 3.05) is 0 Å². The van der Waals surface area contributed by atoms with Crippen LogP contribution in [0.1, 0.15) is 27.2 Å². The Kier molecular flexibility index (Phi) is 4.18. The molecule has 1 heterocycles. The van der Waals surface area contributed by atoms with Gasteiger partial charge in [-0.05, 0) is 37.6 Å². The molecule has 6 heteroatoms. The summed E-state index contributed by atoms with van der Waals surface area (Å²) in [6.45, 7) is 3.54. The summed E-state index contributed by atoms with van der Waals surface area (Å²) in [6, 6.07) is 6.08. The fourth-order valence-corrected chi connectivity index (χ4v) is 1.75. The molecule has 3 N–H and O–H groups in total. The first-order valence-electron chi connectivity index (χ1n) is 6.26. The van der Waals surface area contributed by atoms with Gasteiger partial charge in [0.15, 0.2) is 0 Å². The summed E-state index contributed by atoms with van der Waals surface area (Å²) in [5, 5.41) is 22.8. The Morgan fingerprint density at radius 2 is 2.05 bits per heavy atom. The van der Waals surface area contributed by atoms with Crippen molar-refractivity contribution in [3.63, 3.8) is 0 Å². The van der Waals surface area contributed by atoms with Crippen molar-refractivity contribution in [3.05, 3.63) is 52.8 Å². The first-order chi connectivity index (χ1) is 9.97. The molecular formula is C15H15N3O3. The van der Waals surface area contributed by atoms with Crippen molar-refractivity contribution in [1.29, 1.82) is 0 Å². The van der Waals surface area contributed by atoms with Crippen LogP contribution in [0, 0.1) is 13.8 Å². The van der Waals surface area contributed by atoms with E-state index >= 15 is 0 Å². The van der Waals surface area contributed by atoms with Crippen LogP contribution in [0.5, 0.6) is 11.5 Å². The highest BCUT2D eigenvalue weighted by molar-refractivity contribution is 5.95. The maximum atomic E-state index is 11.8. The van der Waals surface area contributed by atoms with E-state index in [1.165, 1.54) is 24.5 Å². The van der Waals surface area contributed by atoms with Crippen LogP contribution in [0.15, 0.2) is 35.6 Å². The van der Waals surface area contributed by atoms with Crippen LogP contribution < -0.4 is 5.43 Å². The number of amides is 1. The molecule has 0 radical (unpaired) electrons. The molecule has 0 unspecified atom stereocenters. The van der Waals surface area contributed by atoms with Crippen LogP contribution >= 0.6 is 0 Å². The first kappa shape index (κ1) is 14.5. The number of aromatic nitrogens is 1. The lowest BCUT2D eigenvalue weighted by molar-refractivity contribution is 0.0954. The molecule has 1 aromatic heterocycles. The highest BCUT2D eigenvalue weighted by atomic mass is 16.3. The normalized spacial score (nSPS) is 10.8. The van der Waals surface area contributed by atoms with E-state index in [2.05, 4.69) is 15.5 Å². The van der Waals surface area contributed by atoms with Crippen molar-refractivity contribution in [2.45, 2.75) is 13.8 Å². The number of hydrogen-bond acceptors (Lipinski definition) is 5. The second kappa shape index (κ2) is 6.04. The molecule has 0 aliphatic heterocycles. The number of hydrazone groups is 1. The van der Waals surface area contributed by atoms with E-state index in [0.29, 0.717) is 16.7 Å². The van der Waals surface area contributed by atoms with E-state index in [9.17, 15) is 15.0 Å². The van der Waals surface area contributed by atoms with Gasteiger partial charge in [-0.25, -0.2) is 5.43 Å². The number of benzene rings is 1. The molecule has 1 amide bonds. The summed E-state index contributed by atoms with van der Waals surface area (Å²) < 4.78 is 0. The van der Waals surface area contributed by atoms with Gasteiger partial charge in [0.05, 0.1) is 11.8 Å². The summed E-state index contributed by atoms with van der Waals surface area (Å²) in [7, 11) is 0. The number of carbonyl (C=O) groups is 1. The number of aryl methyl sites for hydroxylation is 2. The van der Waals surface area contributed by atoms with E-state index in [1.807, 2.05) is 6.92 Å². The molecule has 0 aliphatic carbocycles. The third-order valence-electron chi connectivity index (χ3n) is 2.88. The summed E-state index contributed by atoms with van der Waals surface area (Å²) >= 11 is 0. The number of carbonyl (C=O) groups excluding carboxylic acids is 1. The standard InChI is InChI=1S/C15H15N3O3/c1-9-5-12(19)6-14(20)13(9)8-17-18-15(21)11-4-3-10(2)16-7-11/h3-8,19-20H,1-2H3,(H,18,21)/b17-8-. The van der Waals surface area contributed by atoms with Gasteiger partial charge >= 0.3 is 0 Å². The van der Waals surface area contributed by atoms with Gasteiger partial charge in [0.2, 0.25) is 0 Å². The van der Waals surface area contributed by atoms with Crippen LogP contribution in [0.4, 0.5) is 0 Å². The largest absolute Gasteiger partial charge is 0.508 e. The Morgan fingerprint density at radius 3 is 2.67 bits per heavy atom. The molecule has 6 nitrogen and oxygen atoms in total. The Hall–Kier alpha value is -2.89. The van der Waals surface area contributed by atoms with E-state index in [0.717, 1.165) is 5.69 Å². The third-order valence-corrected chi connectivity index (χ3v) is 2.88. The lowest BCUT2D eigenvalue weighted by atomic mass is 10.1. The van der Waals surface area contributed by atoms with Gasteiger partial charge in [-0.2, -0.15) is 5.10 Å². The monoisotopic (exact) mass is 285 g/mol. The van der Waals surface area contributed by atoms with Gasteiger partial charge in [0.25, 0.3) is 5.91 Å². The quantitative estimate of drug-likeness (QED) is 0.592. The summed E-state index contributed by atoms with van der Waals surface area (Å²) in [5.41, 5.74) is 4.63. The number of nitrogens with zero attached hydrogens (tertiary/aromatic N) is 2. The van der Waals surface area contributed by atoms with Crippen molar-refractivity contribution < 1.29 is 15.0 Å². The maximum absolute atomic E-state index is 11.8. The minimum atomic E-state index is -0.394. The van der Waals surface area contributed by atoms with Gasteiger partial charge in [0, 0.05) is 23.5 Å². The van der Waals surface area contributed by atoms with Crippen LogP contribution in [0.3, 0.4) is 0 Å². The lowest BCUT2D eigenvalue weighted by Crippen LogP contribution is -2.17. The summed E-state index contributed by atoms with van der Waals surface area (Å²) in [5.74, 6) is -0.533. The average Bonchev–Trinajstić information content (AvgIpc) is 2.42. The Morgan fingerprint density at radius 1 is 1.29 bits per heavy atom. The van der Waals surface area contributed by atoms with E-state index in [4.69, 9.17) is 0 Å². The van der Waals surface area contributed by atoms with Crippen LogP contribution in [-0.2, 0) is 0 Å². The molecule has 0 fully saturated rings. The number of rotatable bonds is 3. The number of aromatic hydroxyl groups is 2. The van der Waals surface area contributed by atoms with Crippen LogP contribution in [0.2, 0.25) is 0 Å². The number of pyridine rings is 1. The minimum Gasteiger partial charge on any atom is -0.508 e. The molecule has 108 valence electrons. The van der Waals surface area contributed by atoms with Gasteiger partial charge < -0.3 is 10.2 Å². The Labute approximate surface area is 121 Å². The predicted molar refractivity (Wildman–Crippen MR) is 78.5 cm³/mol. The summed E-state index contributed by atoms with van der Waals surface area (Å²) in [4.78, 5) is 15.8. The second-order valence-electron chi connectivity index (χ2n) is 4.58. The number of phenols is 2. The first-order valence-corrected chi connectivity index (χ1v) is 6.26. The molecule has 21 heavy (non-hydrogen) atoms. The maximum Gasteiger partial charge on any atom is 0.272 e. The SMILES string of the molecule is Cc1ccc(C(=O)N/N=C\c2c(C)cc(O)cc2O)cn1. The average molecular weight is 285 g/mol. The predicted octanol–water partition coefficient (Wildman–Crippen LogP) is 1.87. The summed E-state index contributed by atoms with van der Waals surface area (Å²) in [6.07, 6.45) is 2.78. The molecule has 0 atom stereocenters. The molecule has 0 aliphatic rings. The molecule has 0 saturated carbocycles. The highest BCUT2D eigenvalue weighted by Gasteiger charge is 2.06. The Balaban J connectivity index is 2.09. The van der Waals surface area contributed by atoms with Crippen molar-refractivity contribution in [3.8, 4) is 11.5 Å². The molecule has 1 aromatic carbocycles. The third kappa shape index (κ3) is 3.56. The lowest BCUT2D eigenvalue weighted by Gasteiger charge is -2.04. The number of nitrogens with one attached hydrogen (secondary N) is 1. The zero-order chi connectivity index (χ0) is 15.4. The minimum absolute atomic E-state index is 0.0306. The topological polar surface area (TPSA) is 94.8 Å².